The van der Waals surface area contributed by atoms with E-state index in [-0.39, 0.29) is 0 Å². The van der Waals surface area contributed by atoms with Crippen LogP contribution >= 0.6 is 34.0 Å². The maximum absolute atomic E-state index is 5.30. The Morgan fingerprint density at radius 1 is 0.136 bits per heavy atom. The van der Waals surface area contributed by atoms with Gasteiger partial charge < -0.3 is 0 Å². The first kappa shape index (κ1) is 89.5. The van der Waals surface area contributed by atoms with Gasteiger partial charge in [-0.2, -0.15) is 0 Å². The minimum Gasteiger partial charge on any atom is -0.236 e. The van der Waals surface area contributed by atoms with E-state index in [1.165, 1.54) is 30.8 Å². The summed E-state index contributed by atoms with van der Waals surface area (Å²) in [7, 11) is 0. The zero-order valence-electron chi connectivity index (χ0n) is 79.1. The summed E-state index contributed by atoms with van der Waals surface area (Å²) in [6, 6.07) is 173. The highest BCUT2D eigenvalue weighted by Crippen LogP contribution is 2.47. The van der Waals surface area contributed by atoms with Gasteiger partial charge in [0.05, 0.1) is 45.6 Å². The molecule has 0 aliphatic heterocycles. The van der Waals surface area contributed by atoms with Gasteiger partial charge in [-0.15, -0.1) is 34.0 Å². The van der Waals surface area contributed by atoms with Crippen molar-refractivity contribution >= 4 is 94.9 Å². The van der Waals surface area contributed by atoms with E-state index in [9.17, 15) is 0 Å². The average molecular weight is 1930 g/mol. The molecule has 690 valence electrons. The number of nitrogens with zero attached hydrogens (tertiary/aromatic N) is 12. The summed E-state index contributed by atoms with van der Waals surface area (Å²) < 4.78 is 3.57. The number of hydrogen-bond donors (Lipinski definition) is 0. The molecular formula is C132H84N12S3. The minimum absolute atomic E-state index is 0.666. The van der Waals surface area contributed by atoms with Crippen LogP contribution in [0.15, 0.2) is 510 Å². The Balaban J connectivity index is 0.000000115. The first-order chi connectivity index (χ1) is 72.8. The molecule has 0 amide bonds. The van der Waals surface area contributed by atoms with Gasteiger partial charge in [-0.1, -0.05) is 455 Å². The predicted octanol–water partition coefficient (Wildman–Crippen LogP) is 34.9. The summed E-state index contributed by atoms with van der Waals surface area (Å²) in [5, 5.41) is 6.68. The summed E-state index contributed by atoms with van der Waals surface area (Å²) in [6.45, 7) is 0. The predicted molar refractivity (Wildman–Crippen MR) is 609 cm³/mol. The van der Waals surface area contributed by atoms with Gasteiger partial charge in [0.25, 0.3) is 0 Å². The Kier molecular flexibility index (Phi) is 24.5. The van der Waals surface area contributed by atoms with Crippen LogP contribution in [0.2, 0.25) is 0 Å². The van der Waals surface area contributed by atoms with Gasteiger partial charge >= 0.3 is 0 Å². The van der Waals surface area contributed by atoms with Crippen molar-refractivity contribution < 1.29 is 0 Å². The van der Waals surface area contributed by atoms with E-state index in [0.717, 1.165) is 198 Å². The molecule has 0 atom stereocenters. The maximum Gasteiger partial charge on any atom is 0.161 e. The molecule has 0 N–H and O–H groups in total. The lowest BCUT2D eigenvalue weighted by atomic mass is 9.97. The fraction of sp³-hybridized carbons (Fsp3) is 0. The molecule has 147 heavy (non-hydrogen) atoms. The minimum atomic E-state index is 0.666. The number of benzene rings is 18. The van der Waals surface area contributed by atoms with Crippen molar-refractivity contribution in [2.45, 2.75) is 0 Å². The van der Waals surface area contributed by atoms with E-state index in [0.29, 0.717) is 34.9 Å². The average Bonchev–Trinajstić information content (AvgIpc) is 1.57. The third-order valence-corrected chi connectivity index (χ3v) is 29.5. The molecule has 27 aromatic rings. The highest BCUT2D eigenvalue weighted by Gasteiger charge is 2.25. The largest absolute Gasteiger partial charge is 0.236 e. The number of rotatable bonds is 18. The molecule has 15 heteroatoms. The van der Waals surface area contributed by atoms with E-state index >= 15 is 0 Å². The highest BCUT2D eigenvalue weighted by atomic mass is 32.1. The lowest BCUT2D eigenvalue weighted by Gasteiger charge is -2.13. The van der Waals surface area contributed by atoms with Gasteiger partial charge in [0.1, 0.15) is 14.5 Å². The quantitative estimate of drug-likeness (QED) is 0.0803. The van der Waals surface area contributed by atoms with Crippen molar-refractivity contribution in [1.29, 1.82) is 0 Å². The fourth-order valence-corrected chi connectivity index (χ4v) is 22.2. The lowest BCUT2D eigenvalue weighted by molar-refractivity contribution is 1.18. The molecule has 0 aliphatic rings. The van der Waals surface area contributed by atoms with Gasteiger partial charge in [-0.05, 0) is 87.5 Å². The van der Waals surface area contributed by atoms with Crippen molar-refractivity contribution in [3.05, 3.63) is 510 Å². The molecule has 0 saturated carbocycles. The fourth-order valence-electron chi connectivity index (χ4n) is 19.0. The van der Waals surface area contributed by atoms with Crippen LogP contribution in [0, 0.1) is 0 Å². The first-order valence-electron chi connectivity index (χ1n) is 48.7. The number of thiophene rings is 3. The van der Waals surface area contributed by atoms with Crippen molar-refractivity contribution in [1.82, 2.24) is 59.8 Å². The molecule has 9 aromatic heterocycles. The summed E-state index contributed by atoms with van der Waals surface area (Å²) in [6.07, 6.45) is 1.95. The van der Waals surface area contributed by atoms with E-state index in [4.69, 9.17) is 59.8 Å². The van der Waals surface area contributed by atoms with E-state index in [2.05, 4.69) is 364 Å². The Morgan fingerprint density at radius 3 is 0.714 bits per heavy atom. The van der Waals surface area contributed by atoms with Crippen molar-refractivity contribution in [2.24, 2.45) is 0 Å². The molecule has 12 nitrogen and oxygen atoms in total. The van der Waals surface area contributed by atoms with Gasteiger partial charge in [-0.3, -0.25) is 0 Å². The first-order valence-corrected chi connectivity index (χ1v) is 51.1. The Morgan fingerprint density at radius 2 is 0.361 bits per heavy atom. The maximum atomic E-state index is 5.30. The van der Waals surface area contributed by atoms with Crippen molar-refractivity contribution in [2.75, 3.05) is 0 Å². The summed E-state index contributed by atoms with van der Waals surface area (Å²) in [5.41, 5.74) is 30.1. The van der Waals surface area contributed by atoms with Gasteiger partial charge in [0.15, 0.2) is 34.9 Å². The second-order valence-corrected chi connectivity index (χ2v) is 38.8. The monoisotopic (exact) mass is 1930 g/mol. The molecule has 9 heterocycles. The van der Waals surface area contributed by atoms with Crippen LogP contribution in [0.25, 0.3) is 264 Å². The summed E-state index contributed by atoms with van der Waals surface area (Å²) in [4.78, 5) is 64.4. The zero-order valence-corrected chi connectivity index (χ0v) is 81.5. The van der Waals surface area contributed by atoms with Crippen LogP contribution in [0.3, 0.4) is 0 Å². The third-order valence-electron chi connectivity index (χ3n) is 26.3. The van der Waals surface area contributed by atoms with Gasteiger partial charge in [0, 0.05) is 136 Å². The summed E-state index contributed by atoms with van der Waals surface area (Å²) in [5.74, 6) is 4.17. The van der Waals surface area contributed by atoms with Crippen LogP contribution in [0.1, 0.15) is 0 Å². The van der Waals surface area contributed by atoms with E-state index < -0.39 is 0 Å². The number of fused-ring (bicyclic) bond motifs is 9. The molecule has 0 radical (unpaired) electrons. The van der Waals surface area contributed by atoms with Crippen LogP contribution in [0.4, 0.5) is 0 Å². The lowest BCUT2D eigenvalue weighted by Crippen LogP contribution is -1.97. The summed E-state index contributed by atoms with van der Waals surface area (Å²) >= 11 is 5.12. The SMILES string of the molecule is c1ccc(-c2ccc(-c3nc(-c4cccc(-c5cc(-c6ccccc6)nc(-c6ccccc6)n5)c4)c4c(n3)sc3ccccc34)cc2)cc1.c1ccc(-c2ccc(-c3nc(-c4cccc(-c5cnc(-c6ccccc6)nc5-c5ccccc5)c4)c4c(n3)sc3ccccc34)cc2)cc1.c1ccc(-c2ccc(-c3nc(-c4cccc(-c5nc(-c6ccccc6)cc(-c6ccccc6)n5)c4)c4c(n3)sc3ccccc34)cc2)cc1. The standard InChI is InChI=1S/3C44H28N4S/c1-4-13-29(14-5-1)30-23-25-33(26-24-30)43-47-41(39-36-21-10-11-22-38(36)49-44(39)48-43)35-20-12-19-34(27-35)37-28-45-42(32-17-8-3-9-18-32)46-40(37)31-15-6-2-7-16-31;1-4-13-29(14-5-1)30-23-25-33(26-24-30)43-47-41(40-36-21-10-11-22-39(36)49-44(40)48-43)35-20-12-19-34(27-35)38-28-37(31-15-6-2-7-16-31)45-42(46-38)32-17-8-3-9-18-32;1-4-13-29(14-5-1)30-23-25-33(26-24-30)42-47-41(40-36-21-10-11-22-39(36)49-44(40)48-42)34-19-12-20-35(27-34)43-45-37(31-15-6-2-7-16-31)28-38(46-43)32-17-8-3-9-18-32/h3*1-28H. The second kappa shape index (κ2) is 40.2. The highest BCUT2D eigenvalue weighted by molar-refractivity contribution is 7.26. The number of hydrogen-bond acceptors (Lipinski definition) is 15. The smallest absolute Gasteiger partial charge is 0.161 e. The molecule has 0 unspecified atom stereocenters. The van der Waals surface area contributed by atoms with Crippen LogP contribution in [-0.4, -0.2) is 59.8 Å². The Labute approximate surface area is 860 Å². The van der Waals surface area contributed by atoms with Crippen LogP contribution in [0.5, 0.6) is 0 Å². The van der Waals surface area contributed by atoms with E-state index in [1.54, 1.807) is 34.0 Å². The molecule has 0 bridgehead atoms. The van der Waals surface area contributed by atoms with Gasteiger partial charge in [0.2, 0.25) is 0 Å². The number of aromatic nitrogens is 12. The normalized spacial score (nSPS) is 11.3. The van der Waals surface area contributed by atoms with Crippen LogP contribution < -0.4 is 0 Å². The molecule has 0 aliphatic carbocycles. The topological polar surface area (TPSA) is 155 Å². The Bertz CT molecular complexity index is 9000. The van der Waals surface area contributed by atoms with Crippen molar-refractivity contribution in [3.63, 3.8) is 0 Å². The third kappa shape index (κ3) is 18.6. The van der Waals surface area contributed by atoms with Crippen LogP contribution in [-0.2, 0) is 0 Å². The van der Waals surface area contributed by atoms with Gasteiger partial charge in [-0.25, -0.2) is 59.8 Å². The molecular weight excluding hydrogens is 1850 g/mol. The van der Waals surface area contributed by atoms with Crippen molar-refractivity contribution in [3.8, 4) is 203 Å². The Hall–Kier alpha value is -18.9. The molecule has 27 rings (SSSR count). The molecule has 0 fully saturated rings. The molecule has 0 saturated heterocycles. The zero-order chi connectivity index (χ0) is 97.7. The van der Waals surface area contributed by atoms with E-state index in [1.807, 2.05) is 146 Å². The molecule has 0 spiro atoms. The molecule has 18 aromatic carbocycles. The second-order valence-electron chi connectivity index (χ2n) is 35.7.